The van der Waals surface area contributed by atoms with Crippen LogP contribution in [0.2, 0.25) is 0 Å². The lowest BCUT2D eigenvalue weighted by atomic mass is 10.0. The van der Waals surface area contributed by atoms with Crippen molar-refractivity contribution in [1.29, 1.82) is 0 Å². The van der Waals surface area contributed by atoms with Crippen molar-refractivity contribution < 1.29 is 9.53 Å². The van der Waals surface area contributed by atoms with Gasteiger partial charge in [-0.1, -0.05) is 30.3 Å². The standard InChI is InChI=1S/C19H25N3O2/c1-14-19(15(2)21(3)20-14)17-13-24-12-11-22(17)18(23)10-9-16-7-5-4-6-8-16/h4-8,17H,9-13H2,1-3H3/t17-/m0/s1. The molecular weight excluding hydrogens is 302 g/mol. The Kier molecular flexibility index (Phi) is 5.00. The number of ether oxygens (including phenoxy) is 1. The van der Waals surface area contributed by atoms with Crippen LogP contribution in [-0.4, -0.2) is 40.3 Å². The summed E-state index contributed by atoms with van der Waals surface area (Å²) < 4.78 is 7.55. The molecule has 0 radical (unpaired) electrons. The maximum atomic E-state index is 12.8. The van der Waals surface area contributed by atoms with Crippen molar-refractivity contribution in [3.8, 4) is 0 Å². The summed E-state index contributed by atoms with van der Waals surface area (Å²) in [6.45, 7) is 5.85. The number of morpholine rings is 1. The molecule has 0 spiro atoms. The fraction of sp³-hybridized carbons (Fsp3) is 0.474. The van der Waals surface area contributed by atoms with E-state index < -0.39 is 0 Å². The third-order valence-electron chi connectivity index (χ3n) is 4.82. The summed E-state index contributed by atoms with van der Waals surface area (Å²) in [5, 5.41) is 4.50. The quantitative estimate of drug-likeness (QED) is 0.867. The number of carbonyl (C=O) groups is 1. The lowest BCUT2D eigenvalue weighted by molar-refractivity contribution is -0.140. The number of amides is 1. The van der Waals surface area contributed by atoms with Crippen LogP contribution < -0.4 is 0 Å². The maximum absolute atomic E-state index is 12.8. The minimum Gasteiger partial charge on any atom is -0.377 e. The van der Waals surface area contributed by atoms with Gasteiger partial charge >= 0.3 is 0 Å². The molecule has 1 amide bonds. The molecule has 0 unspecified atom stereocenters. The van der Waals surface area contributed by atoms with E-state index >= 15 is 0 Å². The number of nitrogens with zero attached hydrogens (tertiary/aromatic N) is 3. The molecule has 3 rings (SSSR count). The third-order valence-corrected chi connectivity index (χ3v) is 4.82. The van der Waals surface area contributed by atoms with Crippen LogP contribution in [0.5, 0.6) is 0 Å². The summed E-state index contributed by atoms with van der Waals surface area (Å²) in [5.41, 5.74) is 4.41. The minimum absolute atomic E-state index is 0.0317. The average molecular weight is 327 g/mol. The highest BCUT2D eigenvalue weighted by Crippen LogP contribution is 2.29. The molecule has 1 aromatic carbocycles. The Bertz CT molecular complexity index is 709. The van der Waals surface area contributed by atoms with E-state index in [1.54, 1.807) is 0 Å². The summed E-state index contributed by atoms with van der Waals surface area (Å²) in [6.07, 6.45) is 1.30. The van der Waals surface area contributed by atoms with Crippen LogP contribution in [-0.2, 0) is 23.0 Å². The first-order valence-electron chi connectivity index (χ1n) is 8.49. The Morgan fingerprint density at radius 3 is 2.71 bits per heavy atom. The monoisotopic (exact) mass is 327 g/mol. The third kappa shape index (κ3) is 3.36. The first kappa shape index (κ1) is 16.7. The largest absolute Gasteiger partial charge is 0.377 e. The molecule has 128 valence electrons. The number of hydrogen-bond acceptors (Lipinski definition) is 3. The molecule has 2 aromatic rings. The summed E-state index contributed by atoms with van der Waals surface area (Å²) in [7, 11) is 1.94. The van der Waals surface area contributed by atoms with Crippen LogP contribution in [0, 0.1) is 13.8 Å². The Hall–Kier alpha value is -2.14. The number of aryl methyl sites for hydroxylation is 3. The molecule has 24 heavy (non-hydrogen) atoms. The van der Waals surface area contributed by atoms with Gasteiger partial charge in [-0.25, -0.2) is 0 Å². The minimum atomic E-state index is -0.0317. The second-order valence-electron chi connectivity index (χ2n) is 6.37. The maximum Gasteiger partial charge on any atom is 0.223 e. The van der Waals surface area contributed by atoms with Crippen molar-refractivity contribution in [2.24, 2.45) is 7.05 Å². The summed E-state index contributed by atoms with van der Waals surface area (Å²) in [6, 6.07) is 10.1. The fourth-order valence-corrected chi connectivity index (χ4v) is 3.45. The lowest BCUT2D eigenvalue weighted by Crippen LogP contribution is -2.43. The van der Waals surface area contributed by atoms with Crippen LogP contribution in [0.3, 0.4) is 0 Å². The van der Waals surface area contributed by atoms with Gasteiger partial charge in [0.15, 0.2) is 0 Å². The van der Waals surface area contributed by atoms with Gasteiger partial charge in [-0.05, 0) is 25.8 Å². The summed E-state index contributed by atoms with van der Waals surface area (Å²) in [5.74, 6) is 0.190. The van der Waals surface area contributed by atoms with Crippen LogP contribution in [0.15, 0.2) is 30.3 Å². The van der Waals surface area contributed by atoms with Gasteiger partial charge < -0.3 is 9.64 Å². The van der Waals surface area contributed by atoms with Crippen LogP contribution in [0.1, 0.15) is 35.0 Å². The molecule has 0 saturated carbocycles. The summed E-state index contributed by atoms with van der Waals surface area (Å²) >= 11 is 0. The van der Waals surface area contributed by atoms with E-state index in [4.69, 9.17) is 4.74 Å². The molecule has 1 aliphatic rings. The first-order valence-corrected chi connectivity index (χ1v) is 8.49. The van der Waals surface area contributed by atoms with Crippen molar-refractivity contribution in [3.05, 3.63) is 52.8 Å². The Labute approximate surface area is 143 Å². The number of aromatic nitrogens is 2. The second-order valence-corrected chi connectivity index (χ2v) is 6.37. The van der Waals surface area contributed by atoms with E-state index in [0.717, 1.165) is 23.4 Å². The van der Waals surface area contributed by atoms with Gasteiger partial charge in [0.25, 0.3) is 0 Å². The van der Waals surface area contributed by atoms with E-state index in [1.165, 1.54) is 5.56 Å². The van der Waals surface area contributed by atoms with Gasteiger partial charge in [-0.3, -0.25) is 9.48 Å². The van der Waals surface area contributed by atoms with Crippen molar-refractivity contribution in [1.82, 2.24) is 14.7 Å². The van der Waals surface area contributed by atoms with Gasteiger partial charge in [0.1, 0.15) is 0 Å². The summed E-state index contributed by atoms with van der Waals surface area (Å²) in [4.78, 5) is 14.8. The Morgan fingerprint density at radius 2 is 2.04 bits per heavy atom. The van der Waals surface area contributed by atoms with Crippen LogP contribution in [0.4, 0.5) is 0 Å². The van der Waals surface area contributed by atoms with Gasteiger partial charge in [-0.2, -0.15) is 5.10 Å². The zero-order valence-corrected chi connectivity index (χ0v) is 14.7. The van der Waals surface area contributed by atoms with Crippen LogP contribution >= 0.6 is 0 Å². The highest BCUT2D eigenvalue weighted by Gasteiger charge is 2.32. The number of rotatable bonds is 4. The second kappa shape index (κ2) is 7.18. The molecule has 1 atom stereocenters. The molecule has 0 aliphatic carbocycles. The van der Waals surface area contributed by atoms with E-state index in [-0.39, 0.29) is 11.9 Å². The van der Waals surface area contributed by atoms with E-state index in [0.29, 0.717) is 26.2 Å². The predicted octanol–water partition coefficient (Wildman–Crippen LogP) is 2.57. The Morgan fingerprint density at radius 1 is 1.29 bits per heavy atom. The molecule has 5 nitrogen and oxygen atoms in total. The SMILES string of the molecule is Cc1nn(C)c(C)c1[C@@H]1COCCN1C(=O)CCc1ccccc1. The molecule has 1 fully saturated rings. The van der Waals surface area contributed by atoms with Crippen molar-refractivity contribution in [2.45, 2.75) is 32.7 Å². The molecular formula is C19H25N3O2. The van der Waals surface area contributed by atoms with Crippen molar-refractivity contribution in [3.63, 3.8) is 0 Å². The predicted molar refractivity (Wildman–Crippen MR) is 92.7 cm³/mol. The topological polar surface area (TPSA) is 47.4 Å². The van der Waals surface area contributed by atoms with Gasteiger partial charge in [0, 0.05) is 31.3 Å². The van der Waals surface area contributed by atoms with Crippen LogP contribution in [0.25, 0.3) is 0 Å². The smallest absolute Gasteiger partial charge is 0.223 e. The average Bonchev–Trinajstić information content (AvgIpc) is 2.86. The van der Waals surface area contributed by atoms with Crippen molar-refractivity contribution in [2.75, 3.05) is 19.8 Å². The highest BCUT2D eigenvalue weighted by molar-refractivity contribution is 5.77. The first-order chi connectivity index (χ1) is 11.6. The van der Waals surface area contributed by atoms with Gasteiger partial charge in [0.05, 0.1) is 24.9 Å². The zero-order valence-electron chi connectivity index (χ0n) is 14.7. The molecule has 2 heterocycles. The van der Waals surface area contributed by atoms with Crippen molar-refractivity contribution >= 4 is 5.91 Å². The molecule has 1 aliphatic heterocycles. The van der Waals surface area contributed by atoms with Gasteiger partial charge in [0.2, 0.25) is 5.91 Å². The molecule has 1 aromatic heterocycles. The molecule has 0 bridgehead atoms. The normalized spacial score (nSPS) is 18.0. The van der Waals surface area contributed by atoms with E-state index in [9.17, 15) is 4.79 Å². The molecule has 0 N–H and O–H groups in total. The lowest BCUT2D eigenvalue weighted by Gasteiger charge is -2.36. The number of carbonyl (C=O) groups excluding carboxylic acids is 1. The van der Waals surface area contributed by atoms with E-state index in [2.05, 4.69) is 24.2 Å². The highest BCUT2D eigenvalue weighted by atomic mass is 16.5. The molecule has 5 heteroatoms. The van der Waals surface area contributed by atoms with E-state index in [1.807, 2.05) is 41.8 Å². The molecule has 1 saturated heterocycles. The Balaban J connectivity index is 1.75. The number of benzene rings is 1. The van der Waals surface area contributed by atoms with Gasteiger partial charge in [-0.15, -0.1) is 0 Å². The number of hydrogen-bond donors (Lipinski definition) is 0. The fourth-order valence-electron chi connectivity index (χ4n) is 3.45. The zero-order chi connectivity index (χ0) is 17.1.